The minimum absolute atomic E-state index is 0.362. The fourth-order valence-corrected chi connectivity index (χ4v) is 1.90. The van der Waals surface area contributed by atoms with Crippen molar-refractivity contribution < 1.29 is 5.11 Å². The summed E-state index contributed by atoms with van der Waals surface area (Å²) in [4.78, 5) is 10.5. The lowest BCUT2D eigenvalue weighted by molar-refractivity contribution is 0.201. The van der Waals surface area contributed by atoms with Crippen molar-refractivity contribution in [2.75, 3.05) is 23.9 Å². The van der Waals surface area contributed by atoms with Crippen molar-refractivity contribution in [1.82, 2.24) is 9.97 Å². The maximum atomic E-state index is 9.46. The molecule has 0 amide bonds. The van der Waals surface area contributed by atoms with Gasteiger partial charge in [-0.3, -0.25) is 5.43 Å². The van der Waals surface area contributed by atoms with Crippen LogP contribution in [-0.2, 0) is 0 Å². The number of hydrogen-bond donors (Lipinski definition) is 3. The number of nitrogens with zero attached hydrogens (tertiary/aromatic N) is 3. The highest BCUT2D eigenvalue weighted by Crippen LogP contribution is 2.24. The van der Waals surface area contributed by atoms with Crippen molar-refractivity contribution in [3.8, 4) is 0 Å². The van der Waals surface area contributed by atoms with Crippen molar-refractivity contribution in [3.63, 3.8) is 0 Å². The Morgan fingerprint density at radius 2 is 2.11 bits per heavy atom. The maximum absolute atomic E-state index is 9.46. The van der Waals surface area contributed by atoms with E-state index < -0.39 is 6.10 Å². The molecule has 0 spiro atoms. The molecule has 0 bridgehead atoms. The van der Waals surface area contributed by atoms with Crippen LogP contribution >= 0.6 is 0 Å². The molecule has 0 saturated heterocycles. The number of anilines is 2. The van der Waals surface area contributed by atoms with E-state index in [1.165, 1.54) is 0 Å². The summed E-state index contributed by atoms with van der Waals surface area (Å²) in [6.07, 6.45) is -0.432. The minimum Gasteiger partial charge on any atom is -0.392 e. The fraction of sp³-hybridized carbons (Fsp3) is 0.333. The molecule has 6 nitrogen and oxygen atoms in total. The van der Waals surface area contributed by atoms with Gasteiger partial charge in [-0.2, -0.15) is 4.98 Å². The molecular formula is C12H17N5O. The number of nitrogen functional groups attached to an aromatic ring is 1. The number of nitrogens with one attached hydrogen (secondary N) is 1. The Labute approximate surface area is 105 Å². The molecule has 0 aliphatic rings. The molecule has 4 N–H and O–H groups in total. The van der Waals surface area contributed by atoms with Crippen LogP contribution in [0.4, 0.5) is 11.8 Å². The average Bonchev–Trinajstić information content (AvgIpc) is 2.36. The molecule has 0 aliphatic carbocycles. The van der Waals surface area contributed by atoms with E-state index in [4.69, 9.17) is 5.84 Å². The largest absolute Gasteiger partial charge is 0.392 e. The van der Waals surface area contributed by atoms with Gasteiger partial charge in [0, 0.05) is 19.0 Å². The van der Waals surface area contributed by atoms with E-state index >= 15 is 0 Å². The summed E-state index contributed by atoms with van der Waals surface area (Å²) in [5.41, 5.74) is 3.27. The number of nitrogens with two attached hydrogens (primary N) is 1. The van der Waals surface area contributed by atoms with E-state index in [0.29, 0.717) is 12.5 Å². The second-order valence-electron chi connectivity index (χ2n) is 4.26. The van der Waals surface area contributed by atoms with E-state index in [9.17, 15) is 5.11 Å². The summed E-state index contributed by atoms with van der Waals surface area (Å²) >= 11 is 0. The smallest absolute Gasteiger partial charge is 0.239 e. The summed E-state index contributed by atoms with van der Waals surface area (Å²) in [5, 5.41) is 10.4. The monoisotopic (exact) mass is 247 g/mol. The predicted octanol–water partition coefficient (Wildman–Crippen LogP) is 0.732. The first kappa shape index (κ1) is 12.5. The number of fused-ring (bicyclic) bond motifs is 1. The predicted molar refractivity (Wildman–Crippen MR) is 72.3 cm³/mol. The van der Waals surface area contributed by atoms with Crippen molar-refractivity contribution in [3.05, 3.63) is 24.3 Å². The van der Waals surface area contributed by atoms with Crippen LogP contribution in [0.15, 0.2) is 24.3 Å². The summed E-state index contributed by atoms with van der Waals surface area (Å²) in [7, 11) is 1.88. The molecule has 2 aromatic rings. The van der Waals surface area contributed by atoms with Gasteiger partial charge in [0.1, 0.15) is 5.82 Å². The highest BCUT2D eigenvalue weighted by molar-refractivity contribution is 5.90. The second-order valence-corrected chi connectivity index (χ2v) is 4.26. The number of likely N-dealkylation sites (N-methyl/N-ethyl adjacent to an activating group) is 1. The van der Waals surface area contributed by atoms with Crippen molar-refractivity contribution in [2.45, 2.75) is 13.0 Å². The van der Waals surface area contributed by atoms with Crippen LogP contribution in [0, 0.1) is 0 Å². The molecular weight excluding hydrogens is 230 g/mol. The van der Waals surface area contributed by atoms with Crippen LogP contribution in [0.3, 0.4) is 0 Å². The topological polar surface area (TPSA) is 87.3 Å². The lowest BCUT2D eigenvalue weighted by Crippen LogP contribution is -2.28. The number of para-hydroxylation sites is 1. The highest BCUT2D eigenvalue weighted by atomic mass is 16.3. The molecule has 1 unspecified atom stereocenters. The number of hydrogen-bond acceptors (Lipinski definition) is 6. The molecule has 0 aliphatic heterocycles. The van der Waals surface area contributed by atoms with Gasteiger partial charge in [0.2, 0.25) is 5.95 Å². The van der Waals surface area contributed by atoms with Crippen LogP contribution in [-0.4, -0.2) is 34.8 Å². The van der Waals surface area contributed by atoms with Gasteiger partial charge in [-0.25, -0.2) is 10.8 Å². The Bertz CT molecular complexity index is 543. The van der Waals surface area contributed by atoms with Crippen LogP contribution in [0.1, 0.15) is 6.92 Å². The summed E-state index contributed by atoms with van der Waals surface area (Å²) in [5.74, 6) is 6.48. The lowest BCUT2D eigenvalue weighted by atomic mass is 10.2. The Kier molecular flexibility index (Phi) is 3.59. The molecule has 1 aromatic heterocycles. The van der Waals surface area contributed by atoms with Crippen LogP contribution in [0.5, 0.6) is 0 Å². The number of aliphatic hydroxyl groups excluding tert-OH is 1. The van der Waals surface area contributed by atoms with Crippen LogP contribution in [0.2, 0.25) is 0 Å². The molecule has 6 heteroatoms. The van der Waals surface area contributed by atoms with Gasteiger partial charge in [-0.15, -0.1) is 0 Å². The maximum Gasteiger partial charge on any atom is 0.239 e. The molecule has 1 aromatic carbocycles. The minimum atomic E-state index is -0.432. The third-order valence-electron chi connectivity index (χ3n) is 2.61. The van der Waals surface area contributed by atoms with E-state index in [1.54, 1.807) is 6.92 Å². The average molecular weight is 247 g/mol. The molecule has 2 rings (SSSR count). The number of aliphatic hydroxyl groups is 1. The third-order valence-corrected chi connectivity index (χ3v) is 2.61. The quantitative estimate of drug-likeness (QED) is 0.545. The van der Waals surface area contributed by atoms with E-state index in [1.807, 2.05) is 36.2 Å². The van der Waals surface area contributed by atoms with Crippen LogP contribution < -0.4 is 16.2 Å². The third kappa shape index (κ3) is 2.49. The summed E-state index contributed by atoms with van der Waals surface area (Å²) in [6, 6.07) is 7.69. The van der Waals surface area contributed by atoms with Gasteiger partial charge < -0.3 is 10.0 Å². The summed E-state index contributed by atoms with van der Waals surface area (Å²) in [6.45, 7) is 2.23. The van der Waals surface area contributed by atoms with Gasteiger partial charge >= 0.3 is 0 Å². The Morgan fingerprint density at radius 3 is 2.78 bits per heavy atom. The zero-order valence-corrected chi connectivity index (χ0v) is 10.5. The molecule has 1 heterocycles. The second kappa shape index (κ2) is 5.16. The number of rotatable bonds is 4. The van der Waals surface area contributed by atoms with Gasteiger partial charge in [0.05, 0.1) is 11.6 Å². The van der Waals surface area contributed by atoms with Gasteiger partial charge in [0.15, 0.2) is 0 Å². The number of hydrazine groups is 1. The van der Waals surface area contributed by atoms with Crippen molar-refractivity contribution in [1.29, 1.82) is 0 Å². The van der Waals surface area contributed by atoms with Crippen molar-refractivity contribution in [2.24, 2.45) is 5.84 Å². The number of benzene rings is 1. The first-order valence-electron chi connectivity index (χ1n) is 5.74. The first-order chi connectivity index (χ1) is 8.61. The van der Waals surface area contributed by atoms with Crippen LogP contribution in [0.25, 0.3) is 10.9 Å². The molecule has 1 atom stereocenters. The lowest BCUT2D eigenvalue weighted by Gasteiger charge is -2.21. The molecule has 0 fully saturated rings. The molecule has 0 saturated carbocycles. The van der Waals surface area contributed by atoms with E-state index in [2.05, 4.69) is 15.4 Å². The standard InChI is InChI=1S/C12H17N5O/c1-8(18)7-17(2)11-9-5-3-4-6-10(9)14-12(15-11)16-13/h3-6,8,18H,7,13H2,1-2H3,(H,14,15,16). The SMILES string of the molecule is CC(O)CN(C)c1nc(NN)nc2ccccc12. The summed E-state index contributed by atoms with van der Waals surface area (Å²) < 4.78 is 0. The number of aromatic nitrogens is 2. The fourth-order valence-electron chi connectivity index (χ4n) is 1.90. The van der Waals surface area contributed by atoms with Gasteiger partial charge in [-0.1, -0.05) is 12.1 Å². The normalized spacial score (nSPS) is 12.4. The Hall–Kier alpha value is -1.92. The van der Waals surface area contributed by atoms with E-state index in [-0.39, 0.29) is 0 Å². The Morgan fingerprint density at radius 1 is 1.39 bits per heavy atom. The molecule has 0 radical (unpaired) electrons. The van der Waals surface area contributed by atoms with E-state index in [0.717, 1.165) is 16.7 Å². The zero-order chi connectivity index (χ0) is 13.1. The van der Waals surface area contributed by atoms with Gasteiger partial charge in [0.25, 0.3) is 0 Å². The Balaban J connectivity index is 2.53. The molecule has 18 heavy (non-hydrogen) atoms. The first-order valence-corrected chi connectivity index (χ1v) is 5.74. The zero-order valence-electron chi connectivity index (χ0n) is 10.5. The highest BCUT2D eigenvalue weighted by Gasteiger charge is 2.12. The molecule has 96 valence electrons. The van der Waals surface area contributed by atoms with Crippen molar-refractivity contribution >= 4 is 22.7 Å². The van der Waals surface area contributed by atoms with Gasteiger partial charge in [-0.05, 0) is 19.1 Å².